The molecule has 3 rings (SSSR count). The van der Waals surface area contributed by atoms with Gasteiger partial charge in [-0.15, -0.1) is 0 Å². The molecule has 1 fully saturated rings. The van der Waals surface area contributed by atoms with Gasteiger partial charge in [0.15, 0.2) is 0 Å². The molecule has 0 atom stereocenters. The molecule has 0 bridgehead atoms. The Morgan fingerprint density at radius 2 is 1.97 bits per heavy atom. The number of morpholine rings is 1. The van der Waals surface area contributed by atoms with Crippen molar-refractivity contribution in [2.45, 2.75) is 0 Å². The summed E-state index contributed by atoms with van der Waals surface area (Å²) in [5.41, 5.74) is 1.06. The Bertz CT molecular complexity index is 916. The van der Waals surface area contributed by atoms with Crippen molar-refractivity contribution >= 4 is 29.2 Å². The summed E-state index contributed by atoms with van der Waals surface area (Å²) in [6.07, 6.45) is 0. The van der Waals surface area contributed by atoms with E-state index in [-0.39, 0.29) is 5.91 Å². The highest BCUT2D eigenvalue weighted by atomic mass is 35.5. The molecule has 1 aliphatic rings. The van der Waals surface area contributed by atoms with E-state index in [4.69, 9.17) is 25.8 Å². The van der Waals surface area contributed by atoms with Crippen LogP contribution in [-0.4, -0.2) is 70.4 Å². The Morgan fingerprint density at radius 1 is 1.16 bits per heavy atom. The smallest absolute Gasteiger partial charge is 0.258 e. The van der Waals surface area contributed by atoms with E-state index in [0.717, 1.165) is 32.8 Å². The van der Waals surface area contributed by atoms with Crippen LogP contribution in [0.5, 0.6) is 11.5 Å². The Labute approximate surface area is 187 Å². The third-order valence-electron chi connectivity index (χ3n) is 4.77. The van der Waals surface area contributed by atoms with Crippen molar-refractivity contribution in [1.29, 1.82) is 0 Å². The number of nitrogens with zero attached hydrogens (tertiary/aromatic N) is 2. The lowest BCUT2D eigenvalue weighted by Gasteiger charge is -2.25. The van der Waals surface area contributed by atoms with Gasteiger partial charge in [0.05, 0.1) is 39.7 Å². The van der Waals surface area contributed by atoms with E-state index < -0.39 is 0 Å². The molecule has 1 aliphatic heterocycles. The van der Waals surface area contributed by atoms with Gasteiger partial charge in [0.25, 0.3) is 5.91 Å². The lowest BCUT2D eigenvalue weighted by atomic mass is 10.2. The number of carbonyl (C=O) groups is 1. The number of guanidine groups is 1. The van der Waals surface area contributed by atoms with E-state index >= 15 is 0 Å². The third kappa shape index (κ3) is 6.85. The summed E-state index contributed by atoms with van der Waals surface area (Å²) in [4.78, 5) is 19.7. The van der Waals surface area contributed by atoms with Crippen LogP contribution in [0.1, 0.15) is 10.4 Å². The normalized spacial score (nSPS) is 14.7. The Balaban J connectivity index is 1.76. The van der Waals surface area contributed by atoms with Crippen LogP contribution in [0.2, 0.25) is 5.02 Å². The van der Waals surface area contributed by atoms with Crippen molar-refractivity contribution in [2.24, 2.45) is 4.99 Å². The number of carbonyl (C=O) groups excluding carboxylic acids is 1. The van der Waals surface area contributed by atoms with Gasteiger partial charge in [-0.2, -0.15) is 0 Å². The number of amides is 1. The van der Waals surface area contributed by atoms with Crippen LogP contribution in [0.25, 0.3) is 0 Å². The summed E-state index contributed by atoms with van der Waals surface area (Å²) in [7, 11) is 3.13. The molecule has 1 heterocycles. The lowest BCUT2D eigenvalue weighted by Crippen LogP contribution is -2.39. The third-order valence-corrected chi connectivity index (χ3v) is 5.00. The zero-order valence-electron chi connectivity index (χ0n) is 17.7. The number of nitrogens with one attached hydrogen (secondary N) is 2. The molecule has 0 saturated carbocycles. The maximum absolute atomic E-state index is 12.8. The number of rotatable bonds is 7. The number of anilines is 1. The molecule has 1 saturated heterocycles. The average molecular weight is 447 g/mol. The maximum atomic E-state index is 12.8. The maximum Gasteiger partial charge on any atom is 0.258 e. The van der Waals surface area contributed by atoms with Crippen molar-refractivity contribution in [2.75, 3.05) is 58.9 Å². The van der Waals surface area contributed by atoms with E-state index in [0.29, 0.717) is 40.3 Å². The minimum atomic E-state index is -0.308. The molecule has 9 heteroatoms. The van der Waals surface area contributed by atoms with Crippen molar-refractivity contribution < 1.29 is 19.0 Å². The van der Waals surface area contributed by atoms with Crippen molar-refractivity contribution in [3.63, 3.8) is 0 Å². The quantitative estimate of drug-likeness (QED) is 0.502. The SMILES string of the molecule is COc1cccc(C(=O)NC(=NCCN2CCOCC2)Nc2cc(Cl)ccc2OC)c1. The summed E-state index contributed by atoms with van der Waals surface area (Å²) < 4.78 is 16.0. The summed E-state index contributed by atoms with van der Waals surface area (Å²) in [5, 5.41) is 6.52. The number of hydrogen-bond acceptors (Lipinski definition) is 6. The molecule has 0 radical (unpaired) electrons. The van der Waals surface area contributed by atoms with Crippen LogP contribution < -0.4 is 20.1 Å². The Hall–Kier alpha value is -2.81. The highest BCUT2D eigenvalue weighted by Gasteiger charge is 2.14. The second-order valence-corrected chi connectivity index (χ2v) is 7.28. The fraction of sp³-hybridized carbons (Fsp3) is 0.364. The summed E-state index contributed by atoms with van der Waals surface area (Å²) in [5.74, 6) is 1.18. The second-order valence-electron chi connectivity index (χ2n) is 6.84. The summed E-state index contributed by atoms with van der Waals surface area (Å²) >= 11 is 6.14. The molecule has 8 nitrogen and oxygen atoms in total. The first-order chi connectivity index (χ1) is 15.1. The first kappa shape index (κ1) is 22.9. The van der Waals surface area contributed by atoms with Gasteiger partial charge < -0.3 is 19.5 Å². The molecular formula is C22H27ClN4O4. The highest BCUT2D eigenvalue weighted by molar-refractivity contribution is 6.31. The molecule has 1 amide bonds. The number of ether oxygens (including phenoxy) is 3. The zero-order valence-corrected chi connectivity index (χ0v) is 18.4. The monoisotopic (exact) mass is 446 g/mol. The molecule has 2 aromatic rings. The first-order valence-corrected chi connectivity index (χ1v) is 10.4. The fourth-order valence-corrected chi connectivity index (χ4v) is 3.26. The van der Waals surface area contributed by atoms with Crippen LogP contribution in [0.4, 0.5) is 5.69 Å². The predicted octanol–water partition coefficient (Wildman–Crippen LogP) is 2.89. The van der Waals surface area contributed by atoms with Gasteiger partial charge in [0.2, 0.25) is 5.96 Å². The molecule has 0 spiro atoms. The minimum Gasteiger partial charge on any atom is -0.497 e. The van der Waals surface area contributed by atoms with Crippen LogP contribution in [-0.2, 0) is 4.74 Å². The number of halogens is 1. The molecule has 2 aromatic carbocycles. The largest absolute Gasteiger partial charge is 0.497 e. The molecule has 166 valence electrons. The fourth-order valence-electron chi connectivity index (χ4n) is 3.09. The highest BCUT2D eigenvalue weighted by Crippen LogP contribution is 2.27. The molecule has 31 heavy (non-hydrogen) atoms. The lowest BCUT2D eigenvalue weighted by molar-refractivity contribution is 0.0394. The van der Waals surface area contributed by atoms with Crippen LogP contribution in [0, 0.1) is 0 Å². The summed E-state index contributed by atoms with van der Waals surface area (Å²) in [6, 6.07) is 12.1. The molecule has 2 N–H and O–H groups in total. The van der Waals surface area contributed by atoms with Crippen LogP contribution in [0.3, 0.4) is 0 Å². The summed E-state index contributed by atoms with van der Waals surface area (Å²) in [6.45, 7) is 4.45. The topological polar surface area (TPSA) is 84.4 Å². The van der Waals surface area contributed by atoms with E-state index in [9.17, 15) is 4.79 Å². The van der Waals surface area contributed by atoms with Gasteiger partial charge >= 0.3 is 0 Å². The van der Waals surface area contributed by atoms with Gasteiger partial charge in [0.1, 0.15) is 11.5 Å². The van der Waals surface area contributed by atoms with Crippen LogP contribution >= 0.6 is 11.6 Å². The molecular weight excluding hydrogens is 420 g/mol. The minimum absolute atomic E-state index is 0.307. The van der Waals surface area contributed by atoms with E-state index in [1.807, 2.05) is 0 Å². The second kappa shape index (κ2) is 11.5. The van der Waals surface area contributed by atoms with Crippen molar-refractivity contribution in [3.8, 4) is 11.5 Å². The van der Waals surface area contributed by atoms with Crippen molar-refractivity contribution in [1.82, 2.24) is 10.2 Å². The van der Waals surface area contributed by atoms with Gasteiger partial charge in [-0.3, -0.25) is 20.0 Å². The first-order valence-electron chi connectivity index (χ1n) is 9.99. The standard InChI is InChI=1S/C22H27ClN4O4/c1-29-18-5-3-4-16(14-18)21(28)26-22(24-8-9-27-10-12-31-13-11-27)25-19-15-17(23)6-7-20(19)30-2/h3-7,14-15H,8-13H2,1-2H3,(H2,24,25,26,28). The number of aliphatic imine (C=N–C) groups is 1. The predicted molar refractivity (Wildman–Crippen MR) is 122 cm³/mol. The van der Waals surface area contributed by atoms with E-state index in [1.54, 1.807) is 56.7 Å². The van der Waals surface area contributed by atoms with E-state index in [1.165, 1.54) is 0 Å². The van der Waals surface area contributed by atoms with Gasteiger partial charge in [0, 0.05) is 30.2 Å². The van der Waals surface area contributed by atoms with Gasteiger partial charge in [-0.05, 0) is 36.4 Å². The zero-order chi connectivity index (χ0) is 22.1. The van der Waals surface area contributed by atoms with Gasteiger partial charge in [-0.1, -0.05) is 17.7 Å². The van der Waals surface area contributed by atoms with E-state index in [2.05, 4.69) is 20.5 Å². The molecule has 0 unspecified atom stereocenters. The van der Waals surface area contributed by atoms with Gasteiger partial charge in [-0.25, -0.2) is 0 Å². The Morgan fingerprint density at radius 3 is 2.71 bits per heavy atom. The van der Waals surface area contributed by atoms with Crippen LogP contribution in [0.15, 0.2) is 47.5 Å². The molecule has 0 aromatic heterocycles. The Kier molecular flexibility index (Phi) is 8.52. The number of methoxy groups -OCH3 is 2. The number of benzene rings is 2. The number of hydrogen-bond donors (Lipinski definition) is 2. The van der Waals surface area contributed by atoms with Crippen molar-refractivity contribution in [3.05, 3.63) is 53.1 Å². The molecule has 0 aliphatic carbocycles. The average Bonchev–Trinajstić information content (AvgIpc) is 2.80.